The van der Waals surface area contributed by atoms with E-state index in [-0.39, 0.29) is 12.1 Å². The van der Waals surface area contributed by atoms with Crippen LogP contribution in [0.2, 0.25) is 0 Å². The van der Waals surface area contributed by atoms with E-state index in [0.717, 1.165) is 0 Å². The van der Waals surface area contributed by atoms with E-state index < -0.39 is 0 Å². The molecule has 0 rings (SSSR count). The van der Waals surface area contributed by atoms with Crippen molar-refractivity contribution in [2.45, 2.75) is 25.9 Å². The summed E-state index contributed by atoms with van der Waals surface area (Å²) in [4.78, 5) is 3.99. The number of rotatable bonds is 3. The average Bonchev–Trinajstić information content (AvgIpc) is 1.87. The van der Waals surface area contributed by atoms with Crippen LogP contribution in [0.15, 0.2) is 4.99 Å². The molecule has 3 nitrogen and oxygen atoms in total. The Hall–Kier alpha value is -0.700. The Labute approximate surface area is 55.5 Å². The van der Waals surface area contributed by atoms with E-state index in [2.05, 4.69) is 4.99 Å². The van der Waals surface area contributed by atoms with Crippen molar-refractivity contribution < 1.29 is 0 Å². The SMILES string of the molecule is CC=NC(C)C(N)C=N. The summed E-state index contributed by atoms with van der Waals surface area (Å²) in [5.41, 5.74) is 5.45. The standard InChI is InChI=1S/C6H13N3/c1-3-9-5(2)6(8)4-7/h3-7H,8H2,1-2H3. The van der Waals surface area contributed by atoms with Crippen LogP contribution in [-0.2, 0) is 0 Å². The van der Waals surface area contributed by atoms with Gasteiger partial charge in [0.25, 0.3) is 0 Å². The van der Waals surface area contributed by atoms with Crippen molar-refractivity contribution >= 4 is 12.4 Å². The first kappa shape index (κ1) is 8.30. The van der Waals surface area contributed by atoms with Crippen molar-refractivity contribution in [2.24, 2.45) is 10.7 Å². The molecule has 2 atom stereocenters. The number of nitrogens with one attached hydrogen (secondary N) is 1. The first-order chi connectivity index (χ1) is 4.22. The summed E-state index contributed by atoms with van der Waals surface area (Å²) in [5.74, 6) is 0. The molecule has 0 saturated heterocycles. The first-order valence-electron chi connectivity index (χ1n) is 2.96. The molecule has 0 bridgehead atoms. The topological polar surface area (TPSA) is 62.2 Å². The Bertz CT molecular complexity index is 109. The number of aliphatic imine (C=N–C) groups is 1. The van der Waals surface area contributed by atoms with E-state index in [4.69, 9.17) is 11.1 Å². The smallest absolute Gasteiger partial charge is 0.0668 e. The van der Waals surface area contributed by atoms with Gasteiger partial charge in [-0.25, -0.2) is 0 Å². The van der Waals surface area contributed by atoms with Gasteiger partial charge in [0, 0.05) is 6.21 Å². The highest BCUT2D eigenvalue weighted by atomic mass is 14.8. The van der Waals surface area contributed by atoms with Crippen LogP contribution >= 0.6 is 0 Å². The monoisotopic (exact) mass is 127 g/mol. The van der Waals surface area contributed by atoms with Gasteiger partial charge in [0.1, 0.15) is 0 Å². The maximum absolute atomic E-state index is 6.79. The third kappa shape index (κ3) is 2.98. The lowest BCUT2D eigenvalue weighted by Gasteiger charge is -2.08. The van der Waals surface area contributed by atoms with Crippen LogP contribution in [-0.4, -0.2) is 24.5 Å². The van der Waals surface area contributed by atoms with Crippen molar-refractivity contribution in [3.8, 4) is 0 Å². The molecule has 0 saturated carbocycles. The van der Waals surface area contributed by atoms with E-state index in [9.17, 15) is 0 Å². The fourth-order valence-corrected chi connectivity index (χ4v) is 0.474. The molecule has 0 spiro atoms. The summed E-state index contributed by atoms with van der Waals surface area (Å²) in [6.07, 6.45) is 2.91. The van der Waals surface area contributed by atoms with Crippen molar-refractivity contribution in [3.05, 3.63) is 0 Å². The van der Waals surface area contributed by atoms with Crippen LogP contribution in [0.4, 0.5) is 0 Å². The zero-order chi connectivity index (χ0) is 7.28. The fraction of sp³-hybridized carbons (Fsp3) is 0.667. The van der Waals surface area contributed by atoms with Gasteiger partial charge in [0.15, 0.2) is 0 Å². The van der Waals surface area contributed by atoms with E-state index >= 15 is 0 Å². The molecular formula is C6H13N3. The van der Waals surface area contributed by atoms with Gasteiger partial charge < -0.3 is 11.1 Å². The van der Waals surface area contributed by atoms with Gasteiger partial charge in [-0.1, -0.05) is 0 Å². The molecule has 0 aliphatic rings. The lowest BCUT2D eigenvalue weighted by molar-refractivity contribution is 0.689. The molecule has 0 aromatic heterocycles. The molecule has 0 aromatic rings. The molecule has 3 N–H and O–H groups in total. The van der Waals surface area contributed by atoms with Crippen LogP contribution < -0.4 is 5.73 Å². The molecule has 2 unspecified atom stereocenters. The Morgan fingerprint density at radius 2 is 2.22 bits per heavy atom. The van der Waals surface area contributed by atoms with Gasteiger partial charge in [-0.3, -0.25) is 4.99 Å². The zero-order valence-electron chi connectivity index (χ0n) is 5.83. The van der Waals surface area contributed by atoms with Gasteiger partial charge in [-0.05, 0) is 20.1 Å². The minimum atomic E-state index is -0.235. The van der Waals surface area contributed by atoms with Gasteiger partial charge in [0.2, 0.25) is 0 Å². The molecule has 0 amide bonds. The quantitative estimate of drug-likeness (QED) is 0.531. The van der Waals surface area contributed by atoms with Crippen LogP contribution in [0, 0.1) is 5.41 Å². The molecule has 3 heteroatoms. The number of hydrogen-bond donors (Lipinski definition) is 2. The van der Waals surface area contributed by atoms with Crippen LogP contribution in [0.3, 0.4) is 0 Å². The Morgan fingerprint density at radius 1 is 1.67 bits per heavy atom. The molecule has 0 aliphatic heterocycles. The molecule has 52 valence electrons. The average molecular weight is 127 g/mol. The maximum Gasteiger partial charge on any atom is 0.0668 e. The largest absolute Gasteiger partial charge is 0.321 e. The summed E-state index contributed by atoms with van der Waals surface area (Å²) in [6.45, 7) is 3.73. The van der Waals surface area contributed by atoms with Crippen LogP contribution in [0.25, 0.3) is 0 Å². The first-order valence-corrected chi connectivity index (χ1v) is 2.96. The molecule has 0 aromatic carbocycles. The highest BCUT2D eigenvalue weighted by molar-refractivity contribution is 5.62. The predicted octanol–water partition coefficient (Wildman–Crippen LogP) is 0.442. The third-order valence-electron chi connectivity index (χ3n) is 1.13. The second-order valence-corrected chi connectivity index (χ2v) is 1.89. The molecule has 0 fully saturated rings. The van der Waals surface area contributed by atoms with Crippen LogP contribution in [0.5, 0.6) is 0 Å². The highest BCUT2D eigenvalue weighted by Gasteiger charge is 2.04. The Balaban J connectivity index is 3.71. The molecular weight excluding hydrogens is 114 g/mol. The van der Waals surface area contributed by atoms with Gasteiger partial charge in [0.05, 0.1) is 12.1 Å². The van der Waals surface area contributed by atoms with E-state index in [0.29, 0.717) is 0 Å². The van der Waals surface area contributed by atoms with E-state index in [1.54, 1.807) is 6.21 Å². The van der Waals surface area contributed by atoms with Gasteiger partial charge >= 0.3 is 0 Å². The van der Waals surface area contributed by atoms with Crippen LogP contribution in [0.1, 0.15) is 13.8 Å². The lowest BCUT2D eigenvalue weighted by atomic mass is 10.2. The molecule has 9 heavy (non-hydrogen) atoms. The number of nitrogens with zero attached hydrogens (tertiary/aromatic N) is 1. The van der Waals surface area contributed by atoms with Crippen molar-refractivity contribution in [2.75, 3.05) is 0 Å². The highest BCUT2D eigenvalue weighted by Crippen LogP contribution is 1.90. The fourth-order valence-electron chi connectivity index (χ4n) is 0.474. The number of nitrogens with two attached hydrogens (primary N) is 1. The minimum absolute atomic E-state index is 0.0347. The van der Waals surface area contributed by atoms with E-state index in [1.807, 2.05) is 13.8 Å². The number of hydrogen-bond acceptors (Lipinski definition) is 3. The molecule has 0 heterocycles. The van der Waals surface area contributed by atoms with Crippen molar-refractivity contribution in [1.29, 1.82) is 5.41 Å². The molecule has 0 aliphatic carbocycles. The van der Waals surface area contributed by atoms with Crippen molar-refractivity contribution in [3.63, 3.8) is 0 Å². The summed E-state index contributed by atoms with van der Waals surface area (Å²) in [7, 11) is 0. The summed E-state index contributed by atoms with van der Waals surface area (Å²) in [6, 6.07) is -0.200. The van der Waals surface area contributed by atoms with E-state index in [1.165, 1.54) is 6.21 Å². The predicted molar refractivity (Wildman–Crippen MR) is 40.4 cm³/mol. The maximum atomic E-state index is 6.79. The van der Waals surface area contributed by atoms with Crippen molar-refractivity contribution in [1.82, 2.24) is 0 Å². The second-order valence-electron chi connectivity index (χ2n) is 1.89. The Kier molecular flexibility index (Phi) is 3.88. The molecule has 0 radical (unpaired) electrons. The van der Waals surface area contributed by atoms with Gasteiger partial charge in [-0.15, -0.1) is 0 Å². The summed E-state index contributed by atoms with van der Waals surface area (Å²) in [5, 5.41) is 6.79. The second kappa shape index (κ2) is 4.21. The zero-order valence-corrected chi connectivity index (χ0v) is 5.83. The normalized spacial score (nSPS) is 17.7. The Morgan fingerprint density at radius 3 is 2.56 bits per heavy atom. The van der Waals surface area contributed by atoms with Gasteiger partial charge in [-0.2, -0.15) is 0 Å². The minimum Gasteiger partial charge on any atom is -0.321 e. The summed E-state index contributed by atoms with van der Waals surface area (Å²) >= 11 is 0. The third-order valence-corrected chi connectivity index (χ3v) is 1.13. The lowest BCUT2D eigenvalue weighted by Crippen LogP contribution is -2.32. The summed E-state index contributed by atoms with van der Waals surface area (Å²) < 4.78 is 0.